The number of para-hydroxylation sites is 1. The van der Waals surface area contributed by atoms with E-state index in [4.69, 9.17) is 30.2 Å². The largest absolute Gasteiger partial charge is 0.494 e. The van der Waals surface area contributed by atoms with Crippen LogP contribution in [0.25, 0.3) is 44.2 Å². The minimum absolute atomic E-state index is 0.0209. The maximum absolute atomic E-state index is 13.8. The van der Waals surface area contributed by atoms with Crippen molar-refractivity contribution in [3.63, 3.8) is 0 Å². The molecule has 10 heteroatoms. The quantitative estimate of drug-likeness (QED) is 0.267. The fourth-order valence-electron chi connectivity index (χ4n) is 3.88. The number of benzene rings is 2. The Morgan fingerprint density at radius 3 is 2.63 bits per heavy atom. The molecule has 3 aromatic heterocycles. The lowest BCUT2D eigenvalue weighted by atomic mass is 10.1. The van der Waals surface area contributed by atoms with E-state index in [0.717, 1.165) is 5.56 Å². The van der Waals surface area contributed by atoms with Crippen molar-refractivity contribution in [2.45, 2.75) is 6.61 Å². The van der Waals surface area contributed by atoms with E-state index in [-0.39, 0.29) is 23.9 Å². The van der Waals surface area contributed by atoms with Crippen molar-refractivity contribution < 1.29 is 18.6 Å². The molecule has 0 aliphatic carbocycles. The highest BCUT2D eigenvalue weighted by Gasteiger charge is 2.26. The van der Waals surface area contributed by atoms with Gasteiger partial charge in [-0.25, -0.2) is 15.1 Å². The Morgan fingerprint density at radius 1 is 1.06 bits per heavy atom. The summed E-state index contributed by atoms with van der Waals surface area (Å²) in [6.45, 7) is 8.37. The van der Waals surface area contributed by atoms with Gasteiger partial charge in [0.05, 0.1) is 38.2 Å². The molecule has 0 bridgehead atoms. The van der Waals surface area contributed by atoms with Crippen LogP contribution in [0.2, 0.25) is 0 Å². The molecule has 10 nitrogen and oxygen atoms in total. The van der Waals surface area contributed by atoms with Crippen LogP contribution in [0.1, 0.15) is 5.69 Å². The van der Waals surface area contributed by atoms with E-state index in [9.17, 15) is 4.79 Å². The first-order valence-corrected chi connectivity index (χ1v) is 10.8. The van der Waals surface area contributed by atoms with Crippen molar-refractivity contribution in [3.8, 4) is 28.3 Å². The first-order valence-electron chi connectivity index (χ1n) is 10.8. The second-order valence-electron chi connectivity index (χ2n) is 7.58. The van der Waals surface area contributed by atoms with Crippen molar-refractivity contribution >= 4 is 22.6 Å². The van der Waals surface area contributed by atoms with Crippen LogP contribution in [0.4, 0.5) is 5.82 Å². The summed E-state index contributed by atoms with van der Waals surface area (Å²) in [7, 11) is 3.12. The molecular formula is C25H21N5O5. The normalized spacial score (nSPS) is 11.2. The van der Waals surface area contributed by atoms with Crippen LogP contribution in [0.3, 0.4) is 0 Å². The van der Waals surface area contributed by atoms with Crippen LogP contribution in [-0.4, -0.2) is 47.0 Å². The van der Waals surface area contributed by atoms with Gasteiger partial charge < -0.3 is 23.5 Å². The molecule has 0 aliphatic heterocycles. The Balaban J connectivity index is 1.76. The van der Waals surface area contributed by atoms with Crippen LogP contribution in [-0.2, 0) is 16.1 Å². The third kappa shape index (κ3) is 3.93. The fourth-order valence-corrected chi connectivity index (χ4v) is 3.88. The third-order valence-electron chi connectivity index (χ3n) is 5.50. The Kier molecular flexibility index (Phi) is 6.01. The zero-order valence-electron chi connectivity index (χ0n) is 19.1. The number of hydrogen-bond acceptors (Lipinski definition) is 7. The number of H-pyrrole nitrogens is 1. The smallest absolute Gasteiger partial charge is 0.301 e. The molecule has 0 unspecified atom stereocenters. The Hall–Kier alpha value is -4.46. The highest BCUT2D eigenvalue weighted by atomic mass is 16.5. The first kappa shape index (κ1) is 22.3. The first-order chi connectivity index (χ1) is 17.2. The monoisotopic (exact) mass is 471 g/mol. The molecule has 35 heavy (non-hydrogen) atoms. The lowest BCUT2D eigenvalue weighted by Gasteiger charge is -2.08. The Morgan fingerprint density at radius 2 is 1.89 bits per heavy atom. The number of rotatable bonds is 8. The Labute approximate surface area is 199 Å². The van der Waals surface area contributed by atoms with Crippen molar-refractivity contribution in [1.82, 2.24) is 19.6 Å². The number of oxazole rings is 1. The molecule has 0 amide bonds. The van der Waals surface area contributed by atoms with Gasteiger partial charge in [0.1, 0.15) is 11.3 Å². The summed E-state index contributed by atoms with van der Waals surface area (Å²) in [5, 5.41) is 2.88. The van der Waals surface area contributed by atoms with E-state index in [0.29, 0.717) is 47.0 Å². The molecule has 176 valence electrons. The minimum atomic E-state index is -0.460. The standard InChI is InChI=1S/C25H21N5O5/c1-26-22-19(15-8-5-4-6-9-15)23-27-16(14-34-13-12-32-2)20(25(31)30(23)29-22)24-28-21-17(33-3)10-7-11-18(21)35-24/h4-11,29H,12-14H2,2-3H3. The molecule has 0 fully saturated rings. The average Bonchev–Trinajstić information content (AvgIpc) is 3.48. The zero-order valence-corrected chi connectivity index (χ0v) is 19.1. The molecule has 0 saturated heterocycles. The molecule has 1 N–H and O–H groups in total. The number of aromatic amines is 1. The highest BCUT2D eigenvalue weighted by Crippen LogP contribution is 2.34. The Bertz CT molecular complexity index is 1610. The van der Waals surface area contributed by atoms with E-state index in [1.165, 1.54) is 11.6 Å². The zero-order chi connectivity index (χ0) is 24.4. The fraction of sp³-hybridized carbons (Fsp3) is 0.200. The predicted molar refractivity (Wildman–Crippen MR) is 129 cm³/mol. The summed E-state index contributed by atoms with van der Waals surface area (Å²) in [5.41, 5.74) is 2.57. The van der Waals surface area contributed by atoms with Gasteiger partial charge in [-0.2, -0.15) is 0 Å². The maximum atomic E-state index is 13.8. The molecule has 0 saturated carbocycles. The number of methoxy groups -OCH3 is 2. The van der Waals surface area contributed by atoms with Crippen LogP contribution >= 0.6 is 0 Å². The summed E-state index contributed by atoms with van der Waals surface area (Å²) in [5.74, 6) is 0.802. The highest BCUT2D eigenvalue weighted by molar-refractivity contribution is 5.88. The van der Waals surface area contributed by atoms with Gasteiger partial charge in [-0.05, 0) is 17.7 Å². The van der Waals surface area contributed by atoms with Gasteiger partial charge in [0.2, 0.25) is 5.89 Å². The number of nitrogens with zero attached hydrogens (tertiary/aromatic N) is 4. The number of fused-ring (bicyclic) bond motifs is 2. The predicted octanol–water partition coefficient (Wildman–Crippen LogP) is 4.22. The van der Waals surface area contributed by atoms with Gasteiger partial charge in [-0.3, -0.25) is 4.79 Å². The second-order valence-corrected chi connectivity index (χ2v) is 7.58. The molecule has 0 radical (unpaired) electrons. The molecular weight excluding hydrogens is 450 g/mol. The summed E-state index contributed by atoms with van der Waals surface area (Å²) in [6, 6.07) is 14.6. The van der Waals surface area contributed by atoms with Gasteiger partial charge in [0.15, 0.2) is 16.7 Å². The van der Waals surface area contributed by atoms with E-state index in [1.807, 2.05) is 30.3 Å². The van der Waals surface area contributed by atoms with Crippen LogP contribution in [0, 0.1) is 6.57 Å². The van der Waals surface area contributed by atoms with Gasteiger partial charge in [0.25, 0.3) is 5.82 Å². The SMILES string of the molecule is [C-]#[N+]c1[nH]n2c(=O)c(-c3nc4c(OC)cccc4o3)c(COCCOC)nc2c1-c1ccccc1. The van der Waals surface area contributed by atoms with E-state index in [1.54, 1.807) is 25.3 Å². The summed E-state index contributed by atoms with van der Waals surface area (Å²) in [4.78, 5) is 26.6. The number of nitrogens with one attached hydrogen (secondary N) is 1. The molecule has 0 atom stereocenters. The maximum Gasteiger partial charge on any atom is 0.301 e. The van der Waals surface area contributed by atoms with Crippen LogP contribution < -0.4 is 10.3 Å². The van der Waals surface area contributed by atoms with Crippen molar-refractivity contribution in [3.05, 3.63) is 76.0 Å². The number of hydrogen-bond donors (Lipinski definition) is 1. The van der Waals surface area contributed by atoms with E-state index < -0.39 is 5.56 Å². The van der Waals surface area contributed by atoms with Gasteiger partial charge in [-0.1, -0.05) is 43.0 Å². The van der Waals surface area contributed by atoms with Crippen LogP contribution in [0.15, 0.2) is 57.7 Å². The van der Waals surface area contributed by atoms with Gasteiger partial charge in [-0.15, -0.1) is 4.52 Å². The molecule has 2 aromatic carbocycles. The third-order valence-corrected chi connectivity index (χ3v) is 5.50. The summed E-state index contributed by atoms with van der Waals surface area (Å²) >= 11 is 0. The average molecular weight is 471 g/mol. The van der Waals surface area contributed by atoms with Crippen molar-refractivity contribution in [2.75, 3.05) is 27.4 Å². The lowest BCUT2D eigenvalue weighted by molar-refractivity contribution is 0.0604. The molecule has 5 rings (SSSR count). The molecule has 5 aromatic rings. The summed E-state index contributed by atoms with van der Waals surface area (Å²) < 4.78 is 23.3. The molecule has 3 heterocycles. The van der Waals surface area contributed by atoms with Crippen LogP contribution in [0.5, 0.6) is 5.75 Å². The van der Waals surface area contributed by atoms with E-state index >= 15 is 0 Å². The van der Waals surface area contributed by atoms with Gasteiger partial charge >= 0.3 is 5.56 Å². The molecule has 0 spiro atoms. The summed E-state index contributed by atoms with van der Waals surface area (Å²) in [6.07, 6.45) is 0. The number of ether oxygens (including phenoxy) is 3. The van der Waals surface area contributed by atoms with Gasteiger partial charge in [0, 0.05) is 7.11 Å². The van der Waals surface area contributed by atoms with Crippen molar-refractivity contribution in [1.29, 1.82) is 0 Å². The van der Waals surface area contributed by atoms with Crippen molar-refractivity contribution in [2.24, 2.45) is 0 Å². The lowest BCUT2D eigenvalue weighted by Crippen LogP contribution is -2.21. The molecule has 0 aliphatic rings. The number of aromatic nitrogens is 4. The minimum Gasteiger partial charge on any atom is -0.494 e. The van der Waals surface area contributed by atoms with E-state index in [2.05, 4.69) is 14.9 Å². The topological polar surface area (TPSA) is 108 Å². The second kappa shape index (κ2) is 9.42.